The zero-order valence-corrected chi connectivity index (χ0v) is 13.7. The molecule has 24 heavy (non-hydrogen) atoms. The van der Waals surface area contributed by atoms with E-state index in [2.05, 4.69) is 9.97 Å². The molecule has 1 aliphatic rings. The Labute approximate surface area is 140 Å². The predicted octanol–water partition coefficient (Wildman–Crippen LogP) is 2.23. The van der Waals surface area contributed by atoms with E-state index in [1.54, 1.807) is 0 Å². The first kappa shape index (κ1) is 16.1. The van der Waals surface area contributed by atoms with Crippen molar-refractivity contribution >= 4 is 5.82 Å². The molecule has 0 radical (unpaired) electrons. The zero-order valence-electron chi connectivity index (χ0n) is 13.7. The molecular weight excluding hydrogens is 304 g/mol. The lowest BCUT2D eigenvalue weighted by atomic mass is 10.1. The third-order valence-electron chi connectivity index (χ3n) is 4.10. The van der Waals surface area contributed by atoms with E-state index in [0.29, 0.717) is 24.7 Å². The number of hydrogen-bond donors (Lipinski definition) is 1. The Hall–Kier alpha value is -2.81. The number of anilines is 1. The van der Waals surface area contributed by atoms with Gasteiger partial charge in [-0.3, -0.25) is 4.79 Å². The SMILES string of the molecule is CCOc1ccccc1Cc1nc(N2CCCC2)c(C#N)c(=O)[nH]1. The molecule has 0 bridgehead atoms. The lowest BCUT2D eigenvalue weighted by Crippen LogP contribution is -2.26. The van der Waals surface area contributed by atoms with Crippen molar-refractivity contribution in [3.8, 4) is 11.8 Å². The van der Waals surface area contributed by atoms with Crippen LogP contribution in [-0.2, 0) is 6.42 Å². The number of H-pyrrole nitrogens is 1. The van der Waals surface area contributed by atoms with Gasteiger partial charge in [0.2, 0.25) is 0 Å². The molecule has 2 heterocycles. The number of hydrogen-bond acceptors (Lipinski definition) is 5. The molecule has 0 spiro atoms. The number of aromatic amines is 1. The Morgan fingerprint density at radius 2 is 2.08 bits per heavy atom. The number of benzene rings is 1. The molecule has 6 heteroatoms. The van der Waals surface area contributed by atoms with Crippen LogP contribution in [0.3, 0.4) is 0 Å². The molecule has 0 amide bonds. The molecule has 1 aliphatic heterocycles. The van der Waals surface area contributed by atoms with Crippen molar-refractivity contribution < 1.29 is 4.74 Å². The molecule has 1 fully saturated rings. The molecule has 1 aromatic heterocycles. The molecule has 3 rings (SSSR count). The quantitative estimate of drug-likeness (QED) is 0.912. The van der Waals surface area contributed by atoms with E-state index in [0.717, 1.165) is 37.2 Å². The molecule has 2 aromatic rings. The van der Waals surface area contributed by atoms with Crippen LogP contribution in [0, 0.1) is 11.3 Å². The summed E-state index contributed by atoms with van der Waals surface area (Å²) >= 11 is 0. The first-order valence-electron chi connectivity index (χ1n) is 8.22. The number of aromatic nitrogens is 2. The van der Waals surface area contributed by atoms with Crippen molar-refractivity contribution in [3.63, 3.8) is 0 Å². The minimum absolute atomic E-state index is 0.0961. The molecule has 1 saturated heterocycles. The number of nitrogens with zero attached hydrogens (tertiary/aromatic N) is 3. The van der Waals surface area contributed by atoms with Gasteiger partial charge in [-0.1, -0.05) is 18.2 Å². The van der Waals surface area contributed by atoms with Gasteiger partial charge in [0.05, 0.1) is 6.61 Å². The monoisotopic (exact) mass is 324 g/mol. The number of nitrogens with one attached hydrogen (secondary N) is 1. The third kappa shape index (κ3) is 3.25. The van der Waals surface area contributed by atoms with Crippen LogP contribution in [0.5, 0.6) is 5.75 Å². The highest BCUT2D eigenvalue weighted by atomic mass is 16.5. The summed E-state index contributed by atoms with van der Waals surface area (Å²) in [4.78, 5) is 21.6. The second kappa shape index (κ2) is 7.18. The lowest BCUT2D eigenvalue weighted by Gasteiger charge is -2.18. The molecular formula is C18H20N4O2. The largest absolute Gasteiger partial charge is 0.494 e. The maximum absolute atomic E-state index is 12.3. The maximum Gasteiger partial charge on any atom is 0.271 e. The number of ether oxygens (including phenoxy) is 1. The van der Waals surface area contributed by atoms with E-state index in [-0.39, 0.29) is 11.1 Å². The Morgan fingerprint density at radius 3 is 2.79 bits per heavy atom. The predicted molar refractivity (Wildman–Crippen MR) is 91.4 cm³/mol. The lowest BCUT2D eigenvalue weighted by molar-refractivity contribution is 0.337. The van der Waals surface area contributed by atoms with E-state index < -0.39 is 0 Å². The third-order valence-corrected chi connectivity index (χ3v) is 4.10. The van der Waals surface area contributed by atoms with Gasteiger partial charge in [-0.25, -0.2) is 4.98 Å². The first-order valence-corrected chi connectivity index (χ1v) is 8.22. The zero-order chi connectivity index (χ0) is 16.9. The van der Waals surface area contributed by atoms with Crippen LogP contribution in [0.15, 0.2) is 29.1 Å². The topological polar surface area (TPSA) is 82.0 Å². The smallest absolute Gasteiger partial charge is 0.271 e. The van der Waals surface area contributed by atoms with E-state index in [4.69, 9.17) is 4.74 Å². The number of nitriles is 1. The van der Waals surface area contributed by atoms with Crippen LogP contribution in [0.1, 0.15) is 36.7 Å². The molecule has 1 aromatic carbocycles. The summed E-state index contributed by atoms with van der Waals surface area (Å²) in [5, 5.41) is 9.30. The highest BCUT2D eigenvalue weighted by Gasteiger charge is 2.21. The summed E-state index contributed by atoms with van der Waals surface area (Å²) in [6, 6.07) is 9.70. The van der Waals surface area contributed by atoms with Gasteiger partial charge in [-0.2, -0.15) is 5.26 Å². The summed E-state index contributed by atoms with van der Waals surface area (Å²) < 4.78 is 5.63. The minimum Gasteiger partial charge on any atom is -0.494 e. The van der Waals surface area contributed by atoms with Crippen molar-refractivity contribution in [1.29, 1.82) is 5.26 Å². The summed E-state index contributed by atoms with van der Waals surface area (Å²) in [6.07, 6.45) is 2.57. The molecule has 6 nitrogen and oxygen atoms in total. The minimum atomic E-state index is -0.377. The molecule has 0 unspecified atom stereocenters. The van der Waals surface area contributed by atoms with Gasteiger partial charge in [0, 0.05) is 25.1 Å². The Bertz CT molecular complexity index is 816. The van der Waals surface area contributed by atoms with Gasteiger partial charge in [0.15, 0.2) is 11.4 Å². The standard InChI is InChI=1S/C18H20N4O2/c1-2-24-15-8-4-3-7-13(15)11-16-20-17(22-9-5-6-10-22)14(12-19)18(23)21-16/h3-4,7-8H,2,5-6,9-11H2,1H3,(H,20,21,23). The van der Waals surface area contributed by atoms with Crippen molar-refractivity contribution in [2.75, 3.05) is 24.6 Å². The summed E-state index contributed by atoms with van der Waals surface area (Å²) in [6.45, 7) is 4.18. The van der Waals surface area contributed by atoms with Crippen LogP contribution in [0.2, 0.25) is 0 Å². The fourth-order valence-corrected chi connectivity index (χ4v) is 2.98. The summed E-state index contributed by atoms with van der Waals surface area (Å²) in [5.41, 5.74) is 0.677. The normalized spacial score (nSPS) is 13.8. The molecule has 0 saturated carbocycles. The van der Waals surface area contributed by atoms with Gasteiger partial charge < -0.3 is 14.6 Å². The number of para-hydroxylation sites is 1. The van der Waals surface area contributed by atoms with Crippen molar-refractivity contribution in [1.82, 2.24) is 9.97 Å². The van der Waals surface area contributed by atoms with Crippen LogP contribution in [-0.4, -0.2) is 29.7 Å². The fraction of sp³-hybridized carbons (Fsp3) is 0.389. The van der Waals surface area contributed by atoms with Crippen LogP contribution < -0.4 is 15.2 Å². The second-order valence-corrected chi connectivity index (χ2v) is 5.73. The summed E-state index contributed by atoms with van der Waals surface area (Å²) in [7, 11) is 0. The average molecular weight is 324 g/mol. The molecule has 124 valence electrons. The van der Waals surface area contributed by atoms with Crippen molar-refractivity contribution in [2.45, 2.75) is 26.2 Å². The molecule has 1 N–H and O–H groups in total. The van der Waals surface area contributed by atoms with Crippen LogP contribution in [0.4, 0.5) is 5.82 Å². The highest BCUT2D eigenvalue weighted by molar-refractivity contribution is 5.53. The van der Waals surface area contributed by atoms with Gasteiger partial charge >= 0.3 is 0 Å². The first-order chi connectivity index (χ1) is 11.7. The average Bonchev–Trinajstić information content (AvgIpc) is 3.11. The van der Waals surface area contributed by atoms with E-state index in [9.17, 15) is 10.1 Å². The Balaban J connectivity index is 1.97. The molecule has 0 atom stereocenters. The van der Waals surface area contributed by atoms with Gasteiger partial charge in [-0.05, 0) is 25.8 Å². The summed E-state index contributed by atoms with van der Waals surface area (Å²) in [5.74, 6) is 1.84. The van der Waals surface area contributed by atoms with Crippen molar-refractivity contribution in [2.24, 2.45) is 0 Å². The van der Waals surface area contributed by atoms with Gasteiger partial charge in [-0.15, -0.1) is 0 Å². The maximum atomic E-state index is 12.3. The Kier molecular flexibility index (Phi) is 4.80. The van der Waals surface area contributed by atoms with Gasteiger partial charge in [0.25, 0.3) is 5.56 Å². The second-order valence-electron chi connectivity index (χ2n) is 5.73. The van der Waals surface area contributed by atoms with Crippen molar-refractivity contribution in [3.05, 3.63) is 51.6 Å². The van der Waals surface area contributed by atoms with E-state index >= 15 is 0 Å². The molecule has 0 aliphatic carbocycles. The van der Waals surface area contributed by atoms with Crippen LogP contribution in [0.25, 0.3) is 0 Å². The fourth-order valence-electron chi connectivity index (χ4n) is 2.98. The van der Waals surface area contributed by atoms with Gasteiger partial charge in [0.1, 0.15) is 17.6 Å². The number of rotatable bonds is 5. The van der Waals surface area contributed by atoms with E-state index in [1.165, 1.54) is 0 Å². The Morgan fingerprint density at radius 1 is 1.33 bits per heavy atom. The van der Waals surface area contributed by atoms with Crippen LogP contribution >= 0.6 is 0 Å². The van der Waals surface area contributed by atoms with E-state index in [1.807, 2.05) is 42.2 Å². The highest BCUT2D eigenvalue weighted by Crippen LogP contribution is 2.23.